The Morgan fingerprint density at radius 1 is 0.812 bits per heavy atom. The van der Waals surface area contributed by atoms with Gasteiger partial charge in [0.05, 0.1) is 52.7 Å². The van der Waals surface area contributed by atoms with Gasteiger partial charge in [-0.05, 0) is 52.4 Å². The fourth-order valence-electron chi connectivity index (χ4n) is 4.42. The van der Waals surface area contributed by atoms with Gasteiger partial charge in [0.15, 0.2) is 23.0 Å². The minimum Gasteiger partial charge on any atom is -0.493 e. The highest BCUT2D eigenvalue weighted by molar-refractivity contribution is 9.10. The van der Waals surface area contributed by atoms with Gasteiger partial charge in [0.1, 0.15) is 0 Å². The fraction of sp³-hybridized carbons (Fsp3) is 0.500. The SMILES string of the molecule is COc1cc2c(c(OC)c1OC)-c1c(c(Br)c(OC)c(OC)c1OC)C[C@@H](C)[C@](C)(O)C2. The molecule has 2 aromatic carbocycles. The molecule has 0 aromatic heterocycles. The molecule has 1 aliphatic rings. The third kappa shape index (κ3) is 3.73. The van der Waals surface area contributed by atoms with Crippen LogP contribution in [0.2, 0.25) is 0 Å². The van der Waals surface area contributed by atoms with Gasteiger partial charge in [0.2, 0.25) is 11.5 Å². The maximum atomic E-state index is 11.4. The maximum Gasteiger partial charge on any atom is 0.205 e. The second-order valence-corrected chi connectivity index (χ2v) is 8.88. The summed E-state index contributed by atoms with van der Waals surface area (Å²) >= 11 is 3.73. The summed E-state index contributed by atoms with van der Waals surface area (Å²) in [5.74, 6) is 2.90. The molecule has 2 aromatic rings. The van der Waals surface area contributed by atoms with E-state index < -0.39 is 5.60 Å². The van der Waals surface area contributed by atoms with Crippen molar-refractivity contribution in [2.75, 3.05) is 42.7 Å². The Bertz CT molecular complexity index is 1020. The number of hydrogen-bond donors (Lipinski definition) is 1. The van der Waals surface area contributed by atoms with Crippen LogP contribution >= 0.6 is 15.9 Å². The summed E-state index contributed by atoms with van der Waals surface area (Å²) in [7, 11) is 9.47. The van der Waals surface area contributed by atoms with Gasteiger partial charge in [-0.3, -0.25) is 0 Å². The van der Waals surface area contributed by atoms with Crippen LogP contribution in [-0.4, -0.2) is 53.4 Å². The number of rotatable bonds is 6. The van der Waals surface area contributed by atoms with Crippen LogP contribution in [0.25, 0.3) is 11.1 Å². The van der Waals surface area contributed by atoms with Gasteiger partial charge in [0.25, 0.3) is 0 Å². The van der Waals surface area contributed by atoms with E-state index in [9.17, 15) is 5.11 Å². The minimum absolute atomic E-state index is 0.0763. The summed E-state index contributed by atoms with van der Waals surface area (Å²) in [6.07, 6.45) is 0.950. The average molecular weight is 511 g/mol. The van der Waals surface area contributed by atoms with Crippen molar-refractivity contribution in [2.24, 2.45) is 5.92 Å². The predicted octanol–water partition coefficient (Wildman–Crippen LogP) is 4.65. The van der Waals surface area contributed by atoms with Crippen molar-refractivity contribution in [1.29, 1.82) is 0 Å². The zero-order valence-corrected chi connectivity index (χ0v) is 21.4. The monoisotopic (exact) mass is 510 g/mol. The second-order valence-electron chi connectivity index (χ2n) is 8.09. The standard InChI is InChI=1S/C24H31BrO7/c1-12-9-14-17(21(30-6)23(32-8)22(31-7)18(14)25)16-13(11-24(12,2)26)10-15(27-3)19(28-4)20(16)29-5/h10,12,26H,9,11H2,1-8H3/t12-,24-/m1/s1. The maximum absolute atomic E-state index is 11.4. The van der Waals surface area contributed by atoms with Crippen LogP contribution in [0, 0.1) is 5.92 Å². The second kappa shape index (κ2) is 9.27. The van der Waals surface area contributed by atoms with E-state index >= 15 is 0 Å². The van der Waals surface area contributed by atoms with Gasteiger partial charge in [-0.25, -0.2) is 0 Å². The zero-order chi connectivity index (χ0) is 23.8. The van der Waals surface area contributed by atoms with Crippen LogP contribution in [-0.2, 0) is 12.8 Å². The van der Waals surface area contributed by atoms with E-state index in [4.69, 9.17) is 28.4 Å². The molecule has 0 heterocycles. The van der Waals surface area contributed by atoms with Crippen LogP contribution in [0.4, 0.5) is 0 Å². The van der Waals surface area contributed by atoms with Gasteiger partial charge < -0.3 is 33.5 Å². The van der Waals surface area contributed by atoms with Crippen LogP contribution in [0.1, 0.15) is 25.0 Å². The average Bonchev–Trinajstić information content (AvgIpc) is 2.77. The third-order valence-electron chi connectivity index (χ3n) is 6.30. The Morgan fingerprint density at radius 2 is 1.34 bits per heavy atom. The molecule has 32 heavy (non-hydrogen) atoms. The highest BCUT2D eigenvalue weighted by atomic mass is 79.9. The molecule has 3 rings (SSSR count). The molecule has 0 fully saturated rings. The molecule has 0 saturated carbocycles. The lowest BCUT2D eigenvalue weighted by molar-refractivity contribution is 0.00622. The quantitative estimate of drug-likeness (QED) is 0.605. The van der Waals surface area contributed by atoms with E-state index in [1.165, 1.54) is 0 Å². The first-order valence-electron chi connectivity index (χ1n) is 10.2. The Balaban J connectivity index is 2.60. The third-order valence-corrected chi connectivity index (χ3v) is 7.14. The Labute approximate surface area is 197 Å². The van der Waals surface area contributed by atoms with Crippen molar-refractivity contribution in [3.8, 4) is 45.6 Å². The molecule has 0 radical (unpaired) electrons. The largest absolute Gasteiger partial charge is 0.493 e. The smallest absolute Gasteiger partial charge is 0.205 e. The lowest BCUT2D eigenvalue weighted by Gasteiger charge is -2.36. The van der Waals surface area contributed by atoms with Crippen LogP contribution in [0.5, 0.6) is 34.5 Å². The zero-order valence-electron chi connectivity index (χ0n) is 19.8. The number of fused-ring (bicyclic) bond motifs is 3. The first kappa shape index (κ1) is 24.3. The molecule has 0 spiro atoms. The number of aliphatic hydroxyl groups is 1. The number of ether oxygens (including phenoxy) is 6. The van der Waals surface area contributed by atoms with E-state index in [0.717, 1.165) is 26.7 Å². The topological polar surface area (TPSA) is 75.6 Å². The molecule has 1 N–H and O–H groups in total. The summed E-state index contributed by atoms with van der Waals surface area (Å²) in [6.45, 7) is 3.88. The van der Waals surface area contributed by atoms with E-state index in [2.05, 4.69) is 15.9 Å². The van der Waals surface area contributed by atoms with Crippen LogP contribution in [0.3, 0.4) is 0 Å². The Kier molecular flexibility index (Phi) is 7.05. The van der Waals surface area contributed by atoms with Crippen molar-refractivity contribution in [2.45, 2.75) is 32.3 Å². The molecule has 0 aliphatic heterocycles. The van der Waals surface area contributed by atoms with E-state index in [1.54, 1.807) is 42.7 Å². The summed E-state index contributed by atoms with van der Waals surface area (Å²) in [6, 6.07) is 1.89. The van der Waals surface area contributed by atoms with Crippen molar-refractivity contribution in [3.05, 3.63) is 21.7 Å². The lowest BCUT2D eigenvalue weighted by atomic mass is 9.75. The molecule has 176 valence electrons. The van der Waals surface area contributed by atoms with Crippen molar-refractivity contribution >= 4 is 15.9 Å². The van der Waals surface area contributed by atoms with Crippen molar-refractivity contribution in [3.63, 3.8) is 0 Å². The van der Waals surface area contributed by atoms with E-state index in [1.807, 2.05) is 19.9 Å². The molecule has 0 bridgehead atoms. The summed E-state index contributed by atoms with van der Waals surface area (Å²) in [5, 5.41) is 11.4. The van der Waals surface area contributed by atoms with Crippen LogP contribution < -0.4 is 28.4 Å². The van der Waals surface area contributed by atoms with Gasteiger partial charge in [0, 0.05) is 17.5 Å². The van der Waals surface area contributed by atoms with Gasteiger partial charge in [-0.2, -0.15) is 0 Å². The van der Waals surface area contributed by atoms with Crippen LogP contribution in [0.15, 0.2) is 10.5 Å². The minimum atomic E-state index is -0.989. The molecular formula is C24H31BrO7. The predicted molar refractivity (Wildman–Crippen MR) is 126 cm³/mol. The highest BCUT2D eigenvalue weighted by Gasteiger charge is 2.39. The lowest BCUT2D eigenvalue weighted by Crippen LogP contribution is -2.38. The number of hydrogen-bond acceptors (Lipinski definition) is 7. The molecule has 2 atom stereocenters. The molecule has 8 heteroatoms. The fourth-order valence-corrected chi connectivity index (χ4v) is 5.13. The number of halogens is 1. The molecule has 0 amide bonds. The van der Waals surface area contributed by atoms with Gasteiger partial charge >= 0.3 is 0 Å². The molecule has 7 nitrogen and oxygen atoms in total. The molecule has 0 saturated heterocycles. The molecule has 0 unspecified atom stereocenters. The first-order chi connectivity index (χ1) is 15.2. The number of benzene rings is 2. The highest BCUT2D eigenvalue weighted by Crippen LogP contribution is 2.58. The molecule has 1 aliphatic carbocycles. The number of methoxy groups -OCH3 is 6. The summed E-state index contributed by atoms with van der Waals surface area (Å²) in [4.78, 5) is 0. The Hall–Kier alpha value is -2.32. The van der Waals surface area contributed by atoms with E-state index in [-0.39, 0.29) is 5.92 Å². The van der Waals surface area contributed by atoms with Gasteiger partial charge in [-0.1, -0.05) is 6.92 Å². The Morgan fingerprint density at radius 3 is 1.84 bits per heavy atom. The van der Waals surface area contributed by atoms with Crippen molar-refractivity contribution in [1.82, 2.24) is 0 Å². The van der Waals surface area contributed by atoms with Gasteiger partial charge in [-0.15, -0.1) is 0 Å². The molecular weight excluding hydrogens is 480 g/mol. The summed E-state index contributed by atoms with van der Waals surface area (Å²) in [5.41, 5.74) is 2.32. The van der Waals surface area contributed by atoms with Crippen molar-refractivity contribution < 1.29 is 33.5 Å². The van der Waals surface area contributed by atoms with E-state index in [0.29, 0.717) is 47.3 Å². The summed E-state index contributed by atoms with van der Waals surface area (Å²) < 4.78 is 35.1. The first-order valence-corrected chi connectivity index (χ1v) is 11.0. The normalized spacial score (nSPS) is 19.8.